The molecule has 1 fully saturated rings. The maximum atomic E-state index is 11.4. The number of carboxylic acid groups (broad SMARTS) is 1. The Morgan fingerprint density at radius 1 is 1.57 bits per heavy atom. The van der Waals surface area contributed by atoms with E-state index in [2.05, 4.69) is 5.32 Å². The minimum Gasteiger partial charge on any atom is -0.480 e. The molecule has 1 aliphatic heterocycles. The van der Waals surface area contributed by atoms with E-state index in [1.807, 2.05) is 0 Å². The molecule has 0 saturated carbocycles. The van der Waals surface area contributed by atoms with Crippen LogP contribution in [0, 0.1) is 0 Å². The maximum Gasteiger partial charge on any atom is 0.326 e. The molecule has 1 atom stereocenters. The van der Waals surface area contributed by atoms with E-state index in [1.54, 1.807) is 0 Å². The van der Waals surface area contributed by atoms with Crippen LogP contribution < -0.4 is 5.32 Å². The van der Waals surface area contributed by atoms with Crippen LogP contribution in [0.5, 0.6) is 0 Å². The predicted octanol–water partition coefficient (Wildman–Crippen LogP) is -1.19. The first-order chi connectivity index (χ1) is 6.66. The first-order valence-electron chi connectivity index (χ1n) is 4.36. The van der Waals surface area contributed by atoms with Crippen molar-refractivity contribution in [2.24, 2.45) is 0 Å². The van der Waals surface area contributed by atoms with Crippen molar-refractivity contribution in [3.63, 3.8) is 0 Å². The highest BCUT2D eigenvalue weighted by atomic mass is 16.4. The third-order valence-electron chi connectivity index (χ3n) is 2.19. The van der Waals surface area contributed by atoms with Gasteiger partial charge < -0.3 is 15.3 Å². The van der Waals surface area contributed by atoms with Crippen molar-refractivity contribution in [3.05, 3.63) is 0 Å². The molecule has 0 aromatic heterocycles. The Hall–Kier alpha value is -1.59. The van der Waals surface area contributed by atoms with E-state index in [1.165, 1.54) is 4.90 Å². The van der Waals surface area contributed by atoms with Crippen molar-refractivity contribution in [2.45, 2.75) is 18.9 Å². The van der Waals surface area contributed by atoms with Gasteiger partial charge in [-0.05, 0) is 12.8 Å². The van der Waals surface area contributed by atoms with Gasteiger partial charge >= 0.3 is 5.97 Å². The van der Waals surface area contributed by atoms with Crippen molar-refractivity contribution in [1.82, 2.24) is 10.2 Å². The zero-order valence-corrected chi connectivity index (χ0v) is 7.60. The van der Waals surface area contributed by atoms with Crippen molar-refractivity contribution < 1.29 is 19.5 Å². The average molecular weight is 200 g/mol. The summed E-state index contributed by atoms with van der Waals surface area (Å²) in [6.07, 6.45) is 1.61. The molecule has 78 valence electrons. The first kappa shape index (κ1) is 10.5. The van der Waals surface area contributed by atoms with Crippen LogP contribution in [0.4, 0.5) is 0 Å². The van der Waals surface area contributed by atoms with Crippen LogP contribution in [-0.2, 0) is 14.4 Å². The molecule has 1 heterocycles. The van der Waals surface area contributed by atoms with Gasteiger partial charge in [0.05, 0.1) is 6.54 Å². The second-order valence-electron chi connectivity index (χ2n) is 3.08. The van der Waals surface area contributed by atoms with Crippen LogP contribution >= 0.6 is 0 Å². The standard InChI is InChI=1S/C8H12N2O4/c11-5-9-4-7(12)10-3-1-2-6(10)8(13)14/h5-6H,1-4H2,(H,9,11)(H,13,14)/t6-/m0/s1. The number of carbonyl (C=O) groups is 3. The van der Waals surface area contributed by atoms with E-state index >= 15 is 0 Å². The quantitative estimate of drug-likeness (QED) is 0.558. The number of hydrogen-bond donors (Lipinski definition) is 2. The highest BCUT2D eigenvalue weighted by Gasteiger charge is 2.33. The van der Waals surface area contributed by atoms with Gasteiger partial charge in [0.1, 0.15) is 6.04 Å². The van der Waals surface area contributed by atoms with E-state index in [-0.39, 0.29) is 12.5 Å². The smallest absolute Gasteiger partial charge is 0.326 e. The highest BCUT2D eigenvalue weighted by Crippen LogP contribution is 2.16. The van der Waals surface area contributed by atoms with Gasteiger partial charge in [-0.15, -0.1) is 0 Å². The van der Waals surface area contributed by atoms with E-state index in [0.29, 0.717) is 25.8 Å². The van der Waals surface area contributed by atoms with E-state index in [4.69, 9.17) is 5.11 Å². The summed E-state index contributed by atoms with van der Waals surface area (Å²) in [4.78, 5) is 33.3. The fraction of sp³-hybridized carbons (Fsp3) is 0.625. The summed E-state index contributed by atoms with van der Waals surface area (Å²) in [6.45, 7) is 0.323. The molecule has 0 unspecified atom stereocenters. The van der Waals surface area contributed by atoms with Crippen LogP contribution in [0.25, 0.3) is 0 Å². The summed E-state index contributed by atoms with van der Waals surface area (Å²) in [7, 11) is 0. The zero-order valence-electron chi connectivity index (χ0n) is 7.60. The Bertz CT molecular complexity index is 254. The lowest BCUT2D eigenvalue weighted by atomic mass is 10.2. The lowest BCUT2D eigenvalue weighted by Crippen LogP contribution is -2.44. The summed E-state index contributed by atoms with van der Waals surface area (Å²) < 4.78 is 0. The fourth-order valence-corrected chi connectivity index (χ4v) is 1.55. The molecule has 14 heavy (non-hydrogen) atoms. The van der Waals surface area contributed by atoms with Gasteiger partial charge in [0.25, 0.3) is 0 Å². The zero-order chi connectivity index (χ0) is 10.6. The number of likely N-dealkylation sites (tertiary alicyclic amines) is 1. The molecule has 0 aromatic carbocycles. The minimum absolute atomic E-state index is 0.132. The first-order valence-corrected chi connectivity index (χ1v) is 4.36. The Labute approximate surface area is 80.9 Å². The van der Waals surface area contributed by atoms with Crippen LogP contribution in [0.2, 0.25) is 0 Å². The third kappa shape index (κ3) is 2.21. The minimum atomic E-state index is -0.984. The van der Waals surface area contributed by atoms with Crippen molar-refractivity contribution in [3.8, 4) is 0 Å². The summed E-state index contributed by atoms with van der Waals surface area (Å²) >= 11 is 0. The van der Waals surface area contributed by atoms with Crippen molar-refractivity contribution in [1.29, 1.82) is 0 Å². The number of amides is 2. The average Bonchev–Trinajstić information content (AvgIpc) is 2.62. The molecule has 0 spiro atoms. The number of hydrogen-bond acceptors (Lipinski definition) is 3. The molecule has 1 saturated heterocycles. The fourth-order valence-electron chi connectivity index (χ4n) is 1.55. The van der Waals surface area contributed by atoms with Crippen LogP contribution in [-0.4, -0.2) is 47.4 Å². The normalized spacial score (nSPS) is 20.6. The van der Waals surface area contributed by atoms with Gasteiger partial charge in [0.2, 0.25) is 12.3 Å². The van der Waals surface area contributed by atoms with Gasteiger partial charge in [0, 0.05) is 6.54 Å². The molecule has 1 aliphatic rings. The molecule has 0 aromatic rings. The monoisotopic (exact) mass is 200 g/mol. The van der Waals surface area contributed by atoms with Gasteiger partial charge in [0.15, 0.2) is 0 Å². The third-order valence-corrected chi connectivity index (χ3v) is 2.19. The Kier molecular flexibility index (Phi) is 3.44. The van der Waals surface area contributed by atoms with E-state index in [9.17, 15) is 14.4 Å². The molecule has 0 bridgehead atoms. The largest absolute Gasteiger partial charge is 0.480 e. The van der Waals surface area contributed by atoms with Gasteiger partial charge in [-0.1, -0.05) is 0 Å². The second-order valence-corrected chi connectivity index (χ2v) is 3.08. The Morgan fingerprint density at radius 2 is 2.29 bits per heavy atom. The second kappa shape index (κ2) is 4.59. The molecule has 6 heteroatoms. The Balaban J connectivity index is 2.53. The summed E-state index contributed by atoms with van der Waals surface area (Å²) in [5.41, 5.74) is 0. The van der Waals surface area contributed by atoms with E-state index in [0.717, 1.165) is 0 Å². The van der Waals surface area contributed by atoms with Crippen molar-refractivity contribution >= 4 is 18.3 Å². The van der Waals surface area contributed by atoms with E-state index < -0.39 is 12.0 Å². The van der Waals surface area contributed by atoms with Gasteiger partial charge in [-0.3, -0.25) is 9.59 Å². The van der Waals surface area contributed by atoms with Gasteiger partial charge in [-0.2, -0.15) is 0 Å². The Morgan fingerprint density at radius 3 is 2.86 bits per heavy atom. The van der Waals surface area contributed by atoms with Crippen LogP contribution in [0.3, 0.4) is 0 Å². The lowest BCUT2D eigenvalue weighted by molar-refractivity contribution is -0.147. The maximum absolute atomic E-state index is 11.4. The highest BCUT2D eigenvalue weighted by molar-refractivity contribution is 5.86. The molecule has 1 rings (SSSR count). The number of rotatable bonds is 4. The number of aliphatic carboxylic acids is 1. The van der Waals surface area contributed by atoms with Crippen molar-refractivity contribution in [2.75, 3.05) is 13.1 Å². The van der Waals surface area contributed by atoms with Crippen LogP contribution in [0.1, 0.15) is 12.8 Å². The topological polar surface area (TPSA) is 86.7 Å². The SMILES string of the molecule is O=CNCC(=O)N1CCC[C@H]1C(=O)O. The number of carbonyl (C=O) groups excluding carboxylic acids is 2. The van der Waals surface area contributed by atoms with Gasteiger partial charge in [-0.25, -0.2) is 4.79 Å². The summed E-state index contributed by atoms with van der Waals surface area (Å²) in [6, 6.07) is -0.726. The molecule has 6 nitrogen and oxygen atoms in total. The summed E-state index contributed by atoms with van der Waals surface area (Å²) in [5, 5.41) is 11.0. The molecule has 0 radical (unpaired) electrons. The molecular formula is C8H12N2O4. The summed E-state index contributed by atoms with van der Waals surface area (Å²) in [5.74, 6) is -1.33. The number of nitrogens with one attached hydrogen (secondary N) is 1. The molecule has 0 aliphatic carbocycles. The van der Waals surface area contributed by atoms with Crippen LogP contribution in [0.15, 0.2) is 0 Å². The molecule has 2 amide bonds. The number of carboxylic acids is 1. The molecule has 2 N–H and O–H groups in total. The molecular weight excluding hydrogens is 188 g/mol. The number of nitrogens with zero attached hydrogens (tertiary/aromatic N) is 1. The lowest BCUT2D eigenvalue weighted by Gasteiger charge is -2.20. The predicted molar refractivity (Wildman–Crippen MR) is 46.4 cm³/mol.